The molecule has 0 amide bonds. The van der Waals surface area contributed by atoms with Crippen molar-refractivity contribution in [3.05, 3.63) is 12.7 Å². The molecule has 9 nitrogen and oxygen atoms in total. The molecule has 11 heteroatoms. The molecule has 22 heavy (non-hydrogen) atoms. The van der Waals surface area contributed by atoms with Gasteiger partial charge in [-0.05, 0) is 0 Å². The molecule has 0 unspecified atom stereocenters. The van der Waals surface area contributed by atoms with Crippen LogP contribution in [0.5, 0.6) is 0 Å². The smallest absolute Gasteiger partial charge is 0.274 e. The Hall–Kier alpha value is -1.95. The Labute approximate surface area is 122 Å². The van der Waals surface area contributed by atoms with E-state index in [2.05, 4.69) is 15.0 Å². The molecule has 4 atom stereocenters. The van der Waals surface area contributed by atoms with Crippen LogP contribution in [0.2, 0.25) is 0 Å². The molecule has 0 aromatic carbocycles. The van der Waals surface area contributed by atoms with Crippen LogP contribution in [0.15, 0.2) is 12.7 Å². The van der Waals surface area contributed by atoms with Crippen molar-refractivity contribution in [1.82, 2.24) is 19.5 Å². The van der Waals surface area contributed by atoms with Crippen molar-refractivity contribution >= 4 is 17.0 Å². The van der Waals surface area contributed by atoms with E-state index in [-0.39, 0.29) is 17.0 Å². The number of anilines is 1. The maximum absolute atomic E-state index is 13.3. The molecule has 0 spiro atoms. The quantitative estimate of drug-likeness (QED) is 0.545. The Morgan fingerprint density at radius 1 is 1.41 bits per heavy atom. The second kappa shape index (κ2) is 5.05. The van der Waals surface area contributed by atoms with Gasteiger partial charge in [0.1, 0.15) is 24.1 Å². The summed E-state index contributed by atoms with van der Waals surface area (Å²) in [6.45, 7) is -0.740. The number of aromatic nitrogens is 4. The highest BCUT2D eigenvalue weighted by molar-refractivity contribution is 5.81. The van der Waals surface area contributed by atoms with Gasteiger partial charge >= 0.3 is 0 Å². The summed E-state index contributed by atoms with van der Waals surface area (Å²) in [5.41, 5.74) is 2.88. The standard InChI is InChI=1S/C11H13F2N5O4/c12-9(13)11(21)6(20)4(1-19)22-10(11)18-3-17-5-7(14)15-2-16-8(5)18/h2-4,6,9-10,19-21H,1H2,(H2,14,15,16)/t4-,6-,10-,11+/m1/s1. The number of alkyl halides is 2. The van der Waals surface area contributed by atoms with Crippen molar-refractivity contribution in [2.45, 2.75) is 30.5 Å². The third-order valence-electron chi connectivity index (χ3n) is 3.69. The number of nitrogen functional groups attached to an aromatic ring is 1. The molecule has 3 rings (SSSR count). The van der Waals surface area contributed by atoms with Crippen LogP contribution in [0.1, 0.15) is 6.23 Å². The highest BCUT2D eigenvalue weighted by Gasteiger charge is 2.62. The fraction of sp³-hybridized carbons (Fsp3) is 0.545. The molecule has 1 aliphatic heterocycles. The lowest BCUT2D eigenvalue weighted by atomic mass is 9.94. The largest absolute Gasteiger partial charge is 0.394 e. The van der Waals surface area contributed by atoms with Crippen LogP contribution in [-0.4, -0.2) is 65.7 Å². The molecule has 0 bridgehead atoms. The minimum absolute atomic E-state index is 0.0293. The molecular formula is C11H13F2N5O4. The minimum atomic E-state index is -3.33. The van der Waals surface area contributed by atoms with Gasteiger partial charge in [0, 0.05) is 0 Å². The Morgan fingerprint density at radius 2 is 2.14 bits per heavy atom. The van der Waals surface area contributed by atoms with Gasteiger partial charge in [-0.1, -0.05) is 0 Å². The molecule has 0 radical (unpaired) electrons. The summed E-state index contributed by atoms with van der Waals surface area (Å²) in [6, 6.07) is 0. The number of halogens is 2. The Morgan fingerprint density at radius 3 is 2.77 bits per heavy atom. The minimum Gasteiger partial charge on any atom is -0.394 e. The summed E-state index contributed by atoms with van der Waals surface area (Å²) in [7, 11) is 0. The molecule has 2 aromatic heterocycles. The first-order valence-corrected chi connectivity index (χ1v) is 6.29. The molecule has 3 heterocycles. The van der Waals surface area contributed by atoms with Crippen molar-refractivity contribution < 1.29 is 28.8 Å². The van der Waals surface area contributed by atoms with Crippen LogP contribution in [0.3, 0.4) is 0 Å². The van der Waals surface area contributed by atoms with E-state index in [0.717, 1.165) is 17.2 Å². The molecule has 0 saturated carbocycles. The normalized spacial score (nSPS) is 32.2. The first kappa shape index (κ1) is 15.0. The van der Waals surface area contributed by atoms with Crippen molar-refractivity contribution in [2.75, 3.05) is 12.3 Å². The fourth-order valence-electron chi connectivity index (χ4n) is 2.50. The van der Waals surface area contributed by atoms with E-state index < -0.39 is 37.1 Å². The molecular weight excluding hydrogens is 304 g/mol. The maximum atomic E-state index is 13.3. The van der Waals surface area contributed by atoms with Crippen LogP contribution in [0.25, 0.3) is 11.2 Å². The average Bonchev–Trinajstić information content (AvgIpc) is 3.01. The lowest BCUT2D eigenvalue weighted by Crippen LogP contribution is -2.52. The summed E-state index contributed by atoms with van der Waals surface area (Å²) in [5.74, 6) is 0.0293. The van der Waals surface area contributed by atoms with Crippen molar-refractivity contribution in [2.24, 2.45) is 0 Å². The summed E-state index contributed by atoms with van der Waals surface area (Å²) < 4.78 is 32.9. The SMILES string of the molecule is Nc1ncnc2c1ncn2[C@@H]1O[C@H](CO)[C@@H](O)[C@]1(O)C(F)F. The number of aliphatic hydroxyl groups excluding tert-OH is 2. The van der Waals surface area contributed by atoms with Gasteiger partial charge in [-0.15, -0.1) is 0 Å². The highest BCUT2D eigenvalue weighted by Crippen LogP contribution is 2.43. The number of hydrogen-bond donors (Lipinski definition) is 4. The van der Waals surface area contributed by atoms with E-state index in [0.29, 0.717) is 0 Å². The highest BCUT2D eigenvalue weighted by atomic mass is 19.3. The van der Waals surface area contributed by atoms with Gasteiger partial charge in [0.05, 0.1) is 12.9 Å². The number of fused-ring (bicyclic) bond motifs is 1. The predicted molar refractivity (Wildman–Crippen MR) is 67.7 cm³/mol. The van der Waals surface area contributed by atoms with Gasteiger partial charge in [0.15, 0.2) is 23.3 Å². The summed E-state index contributed by atoms with van der Waals surface area (Å²) in [4.78, 5) is 11.5. The van der Waals surface area contributed by atoms with Crippen molar-refractivity contribution in [3.63, 3.8) is 0 Å². The number of ether oxygens (including phenoxy) is 1. The third-order valence-corrected chi connectivity index (χ3v) is 3.69. The first-order valence-electron chi connectivity index (χ1n) is 6.29. The van der Waals surface area contributed by atoms with Gasteiger partial charge in [-0.3, -0.25) is 4.57 Å². The second-order valence-electron chi connectivity index (χ2n) is 4.93. The van der Waals surface area contributed by atoms with Crippen LogP contribution in [0, 0.1) is 0 Å². The van der Waals surface area contributed by atoms with E-state index in [4.69, 9.17) is 15.6 Å². The number of imidazole rings is 1. The topological polar surface area (TPSA) is 140 Å². The summed E-state index contributed by atoms with van der Waals surface area (Å²) >= 11 is 0. The predicted octanol–water partition coefficient (Wildman–Crippen LogP) is -1.34. The van der Waals surface area contributed by atoms with E-state index in [1.165, 1.54) is 0 Å². The lowest BCUT2D eigenvalue weighted by Gasteiger charge is -2.30. The molecule has 120 valence electrons. The molecule has 2 aromatic rings. The maximum Gasteiger partial charge on any atom is 0.274 e. The zero-order valence-electron chi connectivity index (χ0n) is 11.0. The molecule has 5 N–H and O–H groups in total. The second-order valence-corrected chi connectivity index (χ2v) is 4.93. The van der Waals surface area contributed by atoms with Gasteiger partial charge in [0.25, 0.3) is 6.43 Å². The van der Waals surface area contributed by atoms with Crippen LogP contribution in [-0.2, 0) is 4.74 Å². The van der Waals surface area contributed by atoms with Gasteiger partial charge in [0.2, 0.25) is 0 Å². The summed E-state index contributed by atoms with van der Waals surface area (Å²) in [5, 5.41) is 29.2. The first-order chi connectivity index (χ1) is 10.4. The number of nitrogens with zero attached hydrogens (tertiary/aromatic N) is 4. The summed E-state index contributed by atoms with van der Waals surface area (Å²) in [6.07, 6.45) is -6.19. The average molecular weight is 317 g/mol. The van der Waals surface area contributed by atoms with E-state index in [1.54, 1.807) is 0 Å². The number of rotatable bonds is 3. The van der Waals surface area contributed by atoms with E-state index in [9.17, 15) is 19.0 Å². The Bertz CT molecular complexity index is 698. The fourth-order valence-corrected chi connectivity index (χ4v) is 2.50. The zero-order valence-corrected chi connectivity index (χ0v) is 11.0. The third kappa shape index (κ3) is 1.86. The van der Waals surface area contributed by atoms with E-state index >= 15 is 0 Å². The van der Waals surface area contributed by atoms with E-state index in [1.807, 2.05) is 0 Å². The molecule has 1 saturated heterocycles. The molecule has 0 aliphatic carbocycles. The number of hydrogen-bond acceptors (Lipinski definition) is 8. The van der Waals surface area contributed by atoms with Crippen molar-refractivity contribution in [3.8, 4) is 0 Å². The van der Waals surface area contributed by atoms with Gasteiger partial charge in [-0.25, -0.2) is 23.7 Å². The van der Waals surface area contributed by atoms with Gasteiger partial charge < -0.3 is 25.8 Å². The Balaban J connectivity index is 2.14. The lowest BCUT2D eigenvalue weighted by molar-refractivity contribution is -0.184. The molecule has 1 fully saturated rings. The number of aliphatic hydroxyl groups is 3. The number of nitrogens with two attached hydrogens (primary N) is 1. The van der Waals surface area contributed by atoms with Crippen LogP contribution < -0.4 is 5.73 Å². The zero-order chi connectivity index (χ0) is 16.1. The Kier molecular flexibility index (Phi) is 3.44. The van der Waals surface area contributed by atoms with Crippen molar-refractivity contribution in [1.29, 1.82) is 0 Å². The van der Waals surface area contributed by atoms with Crippen LogP contribution in [0.4, 0.5) is 14.6 Å². The van der Waals surface area contributed by atoms with Crippen LogP contribution >= 0.6 is 0 Å². The van der Waals surface area contributed by atoms with Gasteiger partial charge in [-0.2, -0.15) is 0 Å². The molecule has 1 aliphatic rings. The monoisotopic (exact) mass is 317 g/mol.